The number of aryl methyl sites for hydroxylation is 2. The van der Waals surface area contributed by atoms with Crippen molar-refractivity contribution in [1.29, 1.82) is 0 Å². The summed E-state index contributed by atoms with van der Waals surface area (Å²) < 4.78 is 15.0. The number of nitrogens with zero attached hydrogens (tertiary/aromatic N) is 2. The summed E-state index contributed by atoms with van der Waals surface area (Å²) in [5.74, 6) is -0.130. The van der Waals surface area contributed by atoms with E-state index < -0.39 is 0 Å². The van der Waals surface area contributed by atoms with Crippen LogP contribution in [0, 0.1) is 5.82 Å². The summed E-state index contributed by atoms with van der Waals surface area (Å²) >= 11 is 0. The van der Waals surface area contributed by atoms with Gasteiger partial charge in [-0.25, -0.2) is 4.39 Å². The molecule has 1 aromatic carbocycles. The smallest absolute Gasteiger partial charge is 0.123 e. The maximum Gasteiger partial charge on any atom is 0.123 e. The second-order valence-electron chi connectivity index (χ2n) is 5.08. The molecular weight excluding hydrogens is 241 g/mol. The average Bonchev–Trinajstić information content (AvgIpc) is 2.97. The Kier molecular flexibility index (Phi) is 3.34. The van der Waals surface area contributed by atoms with Crippen LogP contribution in [-0.2, 0) is 19.9 Å². The van der Waals surface area contributed by atoms with Crippen LogP contribution in [0.4, 0.5) is 4.39 Å². The second-order valence-corrected chi connectivity index (χ2v) is 5.08. The van der Waals surface area contributed by atoms with Crippen molar-refractivity contribution >= 4 is 0 Å². The fourth-order valence-corrected chi connectivity index (χ4v) is 2.82. The van der Waals surface area contributed by atoms with Crippen molar-refractivity contribution in [2.75, 3.05) is 6.54 Å². The van der Waals surface area contributed by atoms with Gasteiger partial charge in [-0.15, -0.1) is 0 Å². The molecule has 0 amide bonds. The minimum Gasteiger partial charge on any atom is -0.310 e. The van der Waals surface area contributed by atoms with E-state index >= 15 is 0 Å². The summed E-state index contributed by atoms with van der Waals surface area (Å²) in [6.45, 7) is 0.918. The molecule has 1 heterocycles. The van der Waals surface area contributed by atoms with Gasteiger partial charge in [-0.1, -0.05) is 6.07 Å². The first-order valence-electron chi connectivity index (χ1n) is 6.72. The van der Waals surface area contributed by atoms with Gasteiger partial charge in [-0.05, 0) is 42.2 Å². The summed E-state index contributed by atoms with van der Waals surface area (Å²) in [6.07, 6.45) is 4.81. The van der Waals surface area contributed by atoms with Crippen molar-refractivity contribution < 1.29 is 4.39 Å². The number of hydrogen-bond acceptors (Lipinski definition) is 2. The standard InChI is InChI=1S/C15H18FN3/c1-19-13(7-9-18-19)6-8-17-15-5-2-11-10-12(16)3-4-14(11)15/h3-4,7,9-10,15,17H,2,5-6,8H2,1H3. The van der Waals surface area contributed by atoms with E-state index in [-0.39, 0.29) is 5.82 Å². The highest BCUT2D eigenvalue weighted by molar-refractivity contribution is 5.34. The number of fused-ring (bicyclic) bond motifs is 1. The molecule has 1 aliphatic carbocycles. The van der Waals surface area contributed by atoms with Gasteiger partial charge in [0.2, 0.25) is 0 Å². The van der Waals surface area contributed by atoms with Crippen molar-refractivity contribution in [2.24, 2.45) is 7.05 Å². The van der Waals surface area contributed by atoms with Gasteiger partial charge in [0.25, 0.3) is 0 Å². The third-order valence-corrected chi connectivity index (χ3v) is 3.88. The van der Waals surface area contributed by atoms with E-state index in [1.165, 1.54) is 11.3 Å². The molecule has 19 heavy (non-hydrogen) atoms. The van der Waals surface area contributed by atoms with Crippen LogP contribution in [0.5, 0.6) is 0 Å². The van der Waals surface area contributed by atoms with E-state index in [4.69, 9.17) is 0 Å². The summed E-state index contributed by atoms with van der Waals surface area (Å²) in [4.78, 5) is 0. The Bertz CT molecular complexity index is 577. The van der Waals surface area contributed by atoms with Gasteiger partial charge in [0, 0.05) is 37.9 Å². The van der Waals surface area contributed by atoms with Crippen LogP contribution in [0.2, 0.25) is 0 Å². The highest BCUT2D eigenvalue weighted by Crippen LogP contribution is 2.31. The molecule has 3 nitrogen and oxygen atoms in total. The zero-order valence-electron chi connectivity index (χ0n) is 11.1. The highest BCUT2D eigenvalue weighted by atomic mass is 19.1. The van der Waals surface area contributed by atoms with Crippen LogP contribution < -0.4 is 5.32 Å². The fraction of sp³-hybridized carbons (Fsp3) is 0.400. The van der Waals surface area contributed by atoms with Gasteiger partial charge in [0.05, 0.1) is 0 Å². The van der Waals surface area contributed by atoms with Crippen LogP contribution in [-0.4, -0.2) is 16.3 Å². The molecule has 1 aromatic heterocycles. The number of halogens is 1. The first-order chi connectivity index (χ1) is 9.24. The zero-order valence-corrected chi connectivity index (χ0v) is 11.1. The minimum atomic E-state index is -0.130. The molecule has 2 aromatic rings. The van der Waals surface area contributed by atoms with Gasteiger partial charge >= 0.3 is 0 Å². The van der Waals surface area contributed by atoms with Crippen LogP contribution >= 0.6 is 0 Å². The zero-order chi connectivity index (χ0) is 13.2. The molecular formula is C15H18FN3. The number of rotatable bonds is 4. The lowest BCUT2D eigenvalue weighted by Gasteiger charge is -2.14. The van der Waals surface area contributed by atoms with E-state index in [1.807, 2.05) is 30.1 Å². The molecule has 100 valence electrons. The molecule has 1 unspecified atom stereocenters. The van der Waals surface area contributed by atoms with E-state index in [0.717, 1.165) is 31.4 Å². The Hall–Kier alpha value is -1.68. The third-order valence-electron chi connectivity index (χ3n) is 3.88. The molecule has 0 fully saturated rings. The number of benzene rings is 1. The molecule has 4 heteroatoms. The van der Waals surface area contributed by atoms with Crippen LogP contribution in [0.3, 0.4) is 0 Å². The van der Waals surface area contributed by atoms with Crippen LogP contribution in [0.15, 0.2) is 30.5 Å². The lowest BCUT2D eigenvalue weighted by molar-refractivity contribution is 0.526. The molecule has 1 N–H and O–H groups in total. The van der Waals surface area contributed by atoms with E-state index in [0.29, 0.717) is 6.04 Å². The van der Waals surface area contributed by atoms with Gasteiger partial charge in [-0.3, -0.25) is 4.68 Å². The lowest BCUT2D eigenvalue weighted by atomic mass is 10.1. The van der Waals surface area contributed by atoms with E-state index in [2.05, 4.69) is 10.4 Å². The molecule has 0 saturated carbocycles. The van der Waals surface area contributed by atoms with E-state index in [1.54, 1.807) is 12.1 Å². The Morgan fingerprint density at radius 2 is 2.32 bits per heavy atom. The molecule has 0 radical (unpaired) electrons. The average molecular weight is 259 g/mol. The number of nitrogens with one attached hydrogen (secondary N) is 1. The van der Waals surface area contributed by atoms with Crippen molar-refractivity contribution in [3.8, 4) is 0 Å². The maximum absolute atomic E-state index is 13.1. The first kappa shape index (κ1) is 12.4. The molecule has 1 aliphatic rings. The Morgan fingerprint density at radius 3 is 3.11 bits per heavy atom. The summed E-state index contributed by atoms with van der Waals surface area (Å²) in [6, 6.07) is 7.54. The Morgan fingerprint density at radius 1 is 1.42 bits per heavy atom. The van der Waals surface area contributed by atoms with Gasteiger partial charge in [0.15, 0.2) is 0 Å². The van der Waals surface area contributed by atoms with Crippen LogP contribution in [0.1, 0.15) is 29.3 Å². The fourth-order valence-electron chi connectivity index (χ4n) is 2.82. The maximum atomic E-state index is 13.1. The topological polar surface area (TPSA) is 29.9 Å². The largest absolute Gasteiger partial charge is 0.310 e. The van der Waals surface area contributed by atoms with Gasteiger partial charge in [-0.2, -0.15) is 5.10 Å². The van der Waals surface area contributed by atoms with Crippen molar-refractivity contribution in [3.05, 3.63) is 53.1 Å². The minimum absolute atomic E-state index is 0.130. The Labute approximate surface area is 112 Å². The monoisotopic (exact) mass is 259 g/mol. The first-order valence-corrected chi connectivity index (χ1v) is 6.72. The molecule has 0 bridgehead atoms. The lowest BCUT2D eigenvalue weighted by Crippen LogP contribution is -2.22. The highest BCUT2D eigenvalue weighted by Gasteiger charge is 2.21. The molecule has 1 atom stereocenters. The summed E-state index contributed by atoms with van der Waals surface area (Å²) in [7, 11) is 1.96. The molecule has 0 aliphatic heterocycles. The SMILES string of the molecule is Cn1nccc1CCNC1CCc2cc(F)ccc21. The number of aromatic nitrogens is 2. The molecule has 0 spiro atoms. The van der Waals surface area contributed by atoms with Crippen molar-refractivity contribution in [1.82, 2.24) is 15.1 Å². The quantitative estimate of drug-likeness (QED) is 0.913. The third kappa shape index (κ3) is 2.54. The van der Waals surface area contributed by atoms with Gasteiger partial charge < -0.3 is 5.32 Å². The van der Waals surface area contributed by atoms with Crippen molar-refractivity contribution in [3.63, 3.8) is 0 Å². The predicted molar refractivity (Wildman–Crippen MR) is 72.4 cm³/mol. The predicted octanol–water partition coefficient (Wildman–Crippen LogP) is 2.38. The molecule has 3 rings (SSSR count). The van der Waals surface area contributed by atoms with Crippen LogP contribution in [0.25, 0.3) is 0 Å². The van der Waals surface area contributed by atoms with Gasteiger partial charge in [0.1, 0.15) is 5.82 Å². The normalized spacial score (nSPS) is 17.7. The number of hydrogen-bond donors (Lipinski definition) is 1. The molecule has 0 saturated heterocycles. The van der Waals surface area contributed by atoms with E-state index in [9.17, 15) is 4.39 Å². The Balaban J connectivity index is 1.60. The summed E-state index contributed by atoms with van der Waals surface area (Å²) in [5, 5.41) is 7.72. The second kappa shape index (κ2) is 5.13. The van der Waals surface area contributed by atoms with Crippen molar-refractivity contribution in [2.45, 2.75) is 25.3 Å². The summed E-state index contributed by atoms with van der Waals surface area (Å²) in [5.41, 5.74) is 3.63.